The molecule has 0 aliphatic rings. The van der Waals surface area contributed by atoms with E-state index in [9.17, 15) is 4.79 Å². The lowest BCUT2D eigenvalue weighted by atomic mass is 10.3. The lowest BCUT2D eigenvalue weighted by Gasteiger charge is -2.07. The molecule has 0 aliphatic heterocycles. The number of carbonyl (C=O) groups excluding carboxylic acids is 1. The van der Waals surface area contributed by atoms with E-state index in [1.807, 2.05) is 0 Å². The molecule has 0 radical (unpaired) electrons. The molecule has 0 aliphatic carbocycles. The second-order valence-corrected chi connectivity index (χ2v) is 5.68. The smallest absolute Gasteiger partial charge is 0.225 e. The maximum absolute atomic E-state index is 11.8. The Morgan fingerprint density at radius 1 is 1.45 bits per heavy atom. The van der Waals surface area contributed by atoms with Crippen LogP contribution in [0.1, 0.15) is 6.42 Å². The Bertz CT molecular complexity index is 619. The van der Waals surface area contributed by atoms with Crippen LogP contribution in [0.2, 0.25) is 10.0 Å². The average molecular weight is 332 g/mol. The number of benzene rings is 1. The first-order chi connectivity index (χ1) is 9.54. The molecule has 1 aromatic heterocycles. The molecule has 0 fully saturated rings. The zero-order chi connectivity index (χ0) is 14.5. The summed E-state index contributed by atoms with van der Waals surface area (Å²) in [5, 5.41) is 10.5. The molecular weight excluding hydrogens is 321 g/mol. The highest BCUT2D eigenvalue weighted by molar-refractivity contribution is 7.99. The number of halogens is 2. The Hall–Kier alpha value is -1.44. The van der Waals surface area contributed by atoms with Crippen molar-refractivity contribution in [1.82, 2.24) is 15.2 Å². The summed E-state index contributed by atoms with van der Waals surface area (Å²) in [4.78, 5) is 15.7. The number of hydrogen-bond acceptors (Lipinski definition) is 5. The average Bonchev–Trinajstić information content (AvgIpc) is 2.80. The van der Waals surface area contributed by atoms with E-state index in [0.717, 1.165) is 0 Å². The van der Waals surface area contributed by atoms with Gasteiger partial charge in [-0.2, -0.15) is 4.98 Å². The quantitative estimate of drug-likeness (QED) is 0.732. The van der Waals surface area contributed by atoms with Crippen LogP contribution in [-0.2, 0) is 4.79 Å². The number of aromatic nitrogens is 3. The number of anilines is 2. The molecule has 6 nitrogen and oxygen atoms in total. The Balaban J connectivity index is 1.82. The Morgan fingerprint density at radius 3 is 2.95 bits per heavy atom. The van der Waals surface area contributed by atoms with Gasteiger partial charge in [-0.25, -0.2) is 5.10 Å². The maximum Gasteiger partial charge on any atom is 0.225 e. The topological polar surface area (TPSA) is 96.7 Å². The number of nitrogens with zero attached hydrogens (tertiary/aromatic N) is 2. The van der Waals surface area contributed by atoms with Crippen molar-refractivity contribution in [2.45, 2.75) is 11.6 Å². The van der Waals surface area contributed by atoms with Crippen LogP contribution in [-0.4, -0.2) is 26.8 Å². The fourth-order valence-corrected chi connectivity index (χ4v) is 2.44. The summed E-state index contributed by atoms with van der Waals surface area (Å²) >= 11 is 13.1. The molecule has 0 saturated carbocycles. The normalized spacial score (nSPS) is 10.5. The van der Waals surface area contributed by atoms with E-state index in [4.69, 9.17) is 28.9 Å². The number of amides is 1. The molecule has 2 aromatic rings. The predicted octanol–water partition coefficient (Wildman–Crippen LogP) is 2.81. The van der Waals surface area contributed by atoms with Gasteiger partial charge < -0.3 is 11.1 Å². The summed E-state index contributed by atoms with van der Waals surface area (Å²) in [6.07, 6.45) is 0.294. The molecule has 2 rings (SSSR count). The summed E-state index contributed by atoms with van der Waals surface area (Å²) in [6.45, 7) is 0. The Kier molecular flexibility index (Phi) is 5.11. The number of H-pyrrole nitrogens is 1. The van der Waals surface area contributed by atoms with E-state index < -0.39 is 0 Å². The Morgan fingerprint density at radius 2 is 2.25 bits per heavy atom. The van der Waals surface area contributed by atoms with Crippen LogP contribution in [0.3, 0.4) is 0 Å². The number of carbonyl (C=O) groups is 1. The number of aromatic amines is 1. The first-order valence-corrected chi connectivity index (χ1v) is 7.34. The number of nitrogens with two attached hydrogens (primary N) is 1. The highest BCUT2D eigenvalue weighted by atomic mass is 35.5. The molecule has 4 N–H and O–H groups in total. The minimum Gasteiger partial charge on any atom is -0.368 e. The van der Waals surface area contributed by atoms with Crippen LogP contribution in [0.4, 0.5) is 11.6 Å². The van der Waals surface area contributed by atoms with E-state index in [1.54, 1.807) is 18.2 Å². The van der Waals surface area contributed by atoms with Crippen molar-refractivity contribution in [2.24, 2.45) is 0 Å². The van der Waals surface area contributed by atoms with E-state index in [2.05, 4.69) is 20.5 Å². The largest absolute Gasteiger partial charge is 0.368 e. The van der Waals surface area contributed by atoms with Gasteiger partial charge in [-0.15, -0.1) is 5.10 Å². The number of rotatable bonds is 5. The van der Waals surface area contributed by atoms with Crippen molar-refractivity contribution >= 4 is 52.5 Å². The third-order valence-corrected chi connectivity index (χ3v) is 3.66. The summed E-state index contributed by atoms with van der Waals surface area (Å²) in [6, 6.07) is 4.89. The third kappa shape index (κ3) is 4.29. The Labute approximate surface area is 129 Å². The molecule has 0 atom stereocenters. The lowest BCUT2D eigenvalue weighted by molar-refractivity contribution is -0.115. The van der Waals surface area contributed by atoms with Gasteiger partial charge >= 0.3 is 0 Å². The fourth-order valence-electron chi connectivity index (χ4n) is 1.36. The minimum absolute atomic E-state index is 0.162. The molecule has 1 aromatic carbocycles. The summed E-state index contributed by atoms with van der Waals surface area (Å²) in [7, 11) is 0. The van der Waals surface area contributed by atoms with Gasteiger partial charge in [0.05, 0.1) is 10.7 Å². The third-order valence-electron chi connectivity index (χ3n) is 2.24. The van der Waals surface area contributed by atoms with Gasteiger partial charge in [0.2, 0.25) is 17.0 Å². The standard InChI is InChI=1S/C11H11Cl2N5OS/c12-6-1-2-7(13)8(5-6)15-9(19)3-4-20-11-16-10(14)17-18-11/h1-2,5H,3-4H2,(H,15,19)(H3,14,16,17,18). The maximum atomic E-state index is 11.8. The molecule has 0 saturated heterocycles. The van der Waals surface area contributed by atoms with Gasteiger partial charge in [0.15, 0.2) is 0 Å². The first kappa shape index (κ1) is 15.0. The molecule has 9 heteroatoms. The number of nitrogen functional groups attached to an aromatic ring is 1. The second-order valence-electron chi connectivity index (χ2n) is 3.77. The fraction of sp³-hybridized carbons (Fsp3) is 0.182. The van der Waals surface area contributed by atoms with Gasteiger partial charge in [-0.3, -0.25) is 4.79 Å². The van der Waals surface area contributed by atoms with Gasteiger partial charge in [-0.05, 0) is 18.2 Å². The van der Waals surface area contributed by atoms with Gasteiger partial charge in [0, 0.05) is 17.2 Å². The number of thioether (sulfide) groups is 1. The van der Waals surface area contributed by atoms with Crippen molar-refractivity contribution in [3.05, 3.63) is 28.2 Å². The highest BCUT2D eigenvalue weighted by Gasteiger charge is 2.08. The van der Waals surface area contributed by atoms with Crippen LogP contribution in [0.15, 0.2) is 23.4 Å². The summed E-state index contributed by atoms with van der Waals surface area (Å²) in [5.74, 6) is 0.620. The number of nitrogens with one attached hydrogen (secondary N) is 2. The van der Waals surface area contributed by atoms with Crippen LogP contribution in [0.25, 0.3) is 0 Å². The zero-order valence-electron chi connectivity index (χ0n) is 10.2. The van der Waals surface area contributed by atoms with Crippen LogP contribution >= 0.6 is 35.0 Å². The van der Waals surface area contributed by atoms with Crippen molar-refractivity contribution in [3.8, 4) is 0 Å². The predicted molar refractivity (Wildman–Crippen MR) is 81.2 cm³/mol. The van der Waals surface area contributed by atoms with Crippen molar-refractivity contribution < 1.29 is 4.79 Å². The molecule has 1 amide bonds. The van der Waals surface area contributed by atoms with Gasteiger partial charge in [-0.1, -0.05) is 35.0 Å². The van der Waals surface area contributed by atoms with E-state index in [-0.39, 0.29) is 11.9 Å². The van der Waals surface area contributed by atoms with Crippen molar-refractivity contribution in [1.29, 1.82) is 0 Å². The van der Waals surface area contributed by atoms with Crippen LogP contribution < -0.4 is 11.1 Å². The molecule has 20 heavy (non-hydrogen) atoms. The SMILES string of the molecule is Nc1nc(SCCC(=O)Nc2cc(Cl)ccc2Cl)n[nH]1. The highest BCUT2D eigenvalue weighted by Crippen LogP contribution is 2.25. The minimum atomic E-state index is -0.162. The lowest BCUT2D eigenvalue weighted by Crippen LogP contribution is -2.12. The van der Waals surface area contributed by atoms with Gasteiger partial charge in [0.1, 0.15) is 0 Å². The molecule has 0 bridgehead atoms. The summed E-state index contributed by atoms with van der Waals surface area (Å²) in [5.41, 5.74) is 5.89. The van der Waals surface area contributed by atoms with E-state index in [0.29, 0.717) is 33.1 Å². The first-order valence-electron chi connectivity index (χ1n) is 5.60. The second kappa shape index (κ2) is 6.83. The molecule has 1 heterocycles. The van der Waals surface area contributed by atoms with Crippen molar-refractivity contribution in [2.75, 3.05) is 16.8 Å². The van der Waals surface area contributed by atoms with Crippen LogP contribution in [0, 0.1) is 0 Å². The van der Waals surface area contributed by atoms with Crippen molar-refractivity contribution in [3.63, 3.8) is 0 Å². The van der Waals surface area contributed by atoms with E-state index >= 15 is 0 Å². The summed E-state index contributed by atoms with van der Waals surface area (Å²) < 4.78 is 0. The van der Waals surface area contributed by atoms with Crippen LogP contribution in [0.5, 0.6) is 0 Å². The monoisotopic (exact) mass is 331 g/mol. The number of hydrogen-bond donors (Lipinski definition) is 3. The molecule has 0 spiro atoms. The molecule has 0 unspecified atom stereocenters. The van der Waals surface area contributed by atoms with Gasteiger partial charge in [0.25, 0.3) is 0 Å². The molecule has 106 valence electrons. The van der Waals surface area contributed by atoms with E-state index in [1.165, 1.54) is 11.8 Å². The zero-order valence-corrected chi connectivity index (χ0v) is 12.5. The molecular formula is C11H11Cl2N5OS.